The van der Waals surface area contributed by atoms with Gasteiger partial charge in [0.15, 0.2) is 11.0 Å². The van der Waals surface area contributed by atoms with Crippen molar-refractivity contribution in [2.24, 2.45) is 0 Å². The molecule has 7 heteroatoms. The first kappa shape index (κ1) is 19.9. The Labute approximate surface area is 169 Å². The standard InChI is InChI=1S/C21H24N4O2S/c1-16-9-7-8-12-18(16)27-14-19-22-23-21(28-15-20(26)24(2)3)25(19)13-17-10-5-4-6-11-17/h4-12H,13-15H2,1-3H3. The molecule has 3 rings (SSSR count). The summed E-state index contributed by atoms with van der Waals surface area (Å²) in [5.41, 5.74) is 2.21. The van der Waals surface area contributed by atoms with Crippen LogP contribution in [-0.4, -0.2) is 45.4 Å². The van der Waals surface area contributed by atoms with E-state index >= 15 is 0 Å². The summed E-state index contributed by atoms with van der Waals surface area (Å²) in [5.74, 6) is 1.91. The van der Waals surface area contributed by atoms with Crippen molar-refractivity contribution in [3.8, 4) is 5.75 Å². The third-order valence-electron chi connectivity index (χ3n) is 4.25. The lowest BCUT2D eigenvalue weighted by Gasteiger charge is -2.13. The van der Waals surface area contributed by atoms with E-state index in [2.05, 4.69) is 22.3 Å². The Kier molecular flexibility index (Phi) is 6.71. The smallest absolute Gasteiger partial charge is 0.232 e. The maximum absolute atomic E-state index is 12.0. The monoisotopic (exact) mass is 396 g/mol. The van der Waals surface area contributed by atoms with Crippen LogP contribution in [0, 0.1) is 6.92 Å². The van der Waals surface area contributed by atoms with Gasteiger partial charge in [-0.3, -0.25) is 9.36 Å². The SMILES string of the molecule is Cc1ccccc1OCc1nnc(SCC(=O)N(C)C)n1Cc1ccccc1. The molecule has 0 aliphatic heterocycles. The lowest BCUT2D eigenvalue weighted by Crippen LogP contribution is -2.23. The lowest BCUT2D eigenvalue weighted by atomic mass is 10.2. The van der Waals surface area contributed by atoms with Crippen LogP contribution >= 0.6 is 11.8 Å². The number of aromatic nitrogens is 3. The topological polar surface area (TPSA) is 60.3 Å². The largest absolute Gasteiger partial charge is 0.485 e. The molecule has 1 aromatic heterocycles. The molecule has 3 aromatic rings. The molecule has 0 aliphatic carbocycles. The van der Waals surface area contributed by atoms with Gasteiger partial charge in [0.1, 0.15) is 12.4 Å². The van der Waals surface area contributed by atoms with Gasteiger partial charge in [-0.15, -0.1) is 10.2 Å². The highest BCUT2D eigenvalue weighted by Gasteiger charge is 2.16. The van der Waals surface area contributed by atoms with Crippen molar-refractivity contribution in [3.63, 3.8) is 0 Å². The molecule has 0 spiro atoms. The second-order valence-corrected chi connectivity index (χ2v) is 7.54. The number of carbonyl (C=O) groups is 1. The molecule has 0 N–H and O–H groups in total. The van der Waals surface area contributed by atoms with E-state index in [1.54, 1.807) is 19.0 Å². The van der Waals surface area contributed by atoms with E-state index in [1.165, 1.54) is 11.8 Å². The minimum Gasteiger partial charge on any atom is -0.485 e. The van der Waals surface area contributed by atoms with Crippen LogP contribution in [0.1, 0.15) is 17.0 Å². The number of nitrogens with zero attached hydrogens (tertiary/aromatic N) is 4. The van der Waals surface area contributed by atoms with Crippen LogP contribution in [-0.2, 0) is 17.9 Å². The van der Waals surface area contributed by atoms with Crippen LogP contribution in [0.3, 0.4) is 0 Å². The molecular formula is C21H24N4O2S. The van der Waals surface area contributed by atoms with Gasteiger partial charge >= 0.3 is 0 Å². The van der Waals surface area contributed by atoms with Crippen LogP contribution in [0.5, 0.6) is 5.75 Å². The predicted octanol–water partition coefficient (Wildman–Crippen LogP) is 3.39. The number of amides is 1. The van der Waals surface area contributed by atoms with Gasteiger partial charge in [0, 0.05) is 14.1 Å². The van der Waals surface area contributed by atoms with E-state index in [0.29, 0.717) is 24.1 Å². The summed E-state index contributed by atoms with van der Waals surface area (Å²) in [6.07, 6.45) is 0. The quantitative estimate of drug-likeness (QED) is 0.546. The number of carbonyl (C=O) groups excluding carboxylic acids is 1. The molecule has 28 heavy (non-hydrogen) atoms. The van der Waals surface area contributed by atoms with Gasteiger partial charge in [0.05, 0.1) is 12.3 Å². The minimum atomic E-state index is 0.0389. The molecule has 0 radical (unpaired) electrons. The Bertz CT molecular complexity index is 925. The fourth-order valence-corrected chi connectivity index (χ4v) is 3.51. The van der Waals surface area contributed by atoms with Gasteiger partial charge in [-0.05, 0) is 24.1 Å². The summed E-state index contributed by atoms with van der Waals surface area (Å²) in [6, 6.07) is 18.0. The van der Waals surface area contributed by atoms with Gasteiger partial charge in [-0.2, -0.15) is 0 Å². The first-order valence-electron chi connectivity index (χ1n) is 9.02. The van der Waals surface area contributed by atoms with Crippen molar-refractivity contribution in [2.45, 2.75) is 25.2 Å². The molecule has 1 amide bonds. The van der Waals surface area contributed by atoms with Gasteiger partial charge in [-0.1, -0.05) is 60.3 Å². The number of hydrogen-bond donors (Lipinski definition) is 0. The lowest BCUT2D eigenvalue weighted by molar-refractivity contribution is -0.125. The Balaban J connectivity index is 1.80. The van der Waals surface area contributed by atoms with Gasteiger partial charge in [-0.25, -0.2) is 0 Å². The third-order valence-corrected chi connectivity index (χ3v) is 5.20. The molecule has 2 aromatic carbocycles. The number of aryl methyl sites for hydroxylation is 1. The van der Waals surface area contributed by atoms with Crippen LogP contribution in [0.2, 0.25) is 0 Å². The van der Waals surface area contributed by atoms with Crippen molar-refractivity contribution in [3.05, 3.63) is 71.5 Å². The fraction of sp³-hybridized carbons (Fsp3) is 0.286. The van der Waals surface area contributed by atoms with E-state index in [4.69, 9.17) is 4.74 Å². The van der Waals surface area contributed by atoms with E-state index in [9.17, 15) is 4.79 Å². The summed E-state index contributed by atoms with van der Waals surface area (Å²) in [6.45, 7) is 2.95. The summed E-state index contributed by atoms with van der Waals surface area (Å²) >= 11 is 1.39. The number of para-hydroxylation sites is 1. The Morgan fingerprint density at radius 2 is 1.79 bits per heavy atom. The summed E-state index contributed by atoms with van der Waals surface area (Å²) in [7, 11) is 3.50. The van der Waals surface area contributed by atoms with Crippen molar-refractivity contribution in [1.29, 1.82) is 0 Å². The number of thioether (sulfide) groups is 1. The van der Waals surface area contributed by atoms with Gasteiger partial charge in [0.25, 0.3) is 0 Å². The van der Waals surface area contributed by atoms with Crippen molar-refractivity contribution < 1.29 is 9.53 Å². The first-order chi connectivity index (χ1) is 13.5. The maximum atomic E-state index is 12.0. The van der Waals surface area contributed by atoms with Crippen LogP contribution in [0.15, 0.2) is 59.8 Å². The van der Waals surface area contributed by atoms with E-state index in [0.717, 1.165) is 22.7 Å². The highest BCUT2D eigenvalue weighted by molar-refractivity contribution is 7.99. The maximum Gasteiger partial charge on any atom is 0.232 e. The summed E-state index contributed by atoms with van der Waals surface area (Å²) in [5, 5.41) is 9.34. The van der Waals surface area contributed by atoms with Crippen molar-refractivity contribution in [1.82, 2.24) is 19.7 Å². The fourth-order valence-electron chi connectivity index (χ4n) is 2.57. The molecule has 0 saturated carbocycles. The number of ether oxygens (including phenoxy) is 1. The van der Waals surface area contributed by atoms with Crippen molar-refractivity contribution in [2.75, 3.05) is 19.8 Å². The average Bonchev–Trinajstić information content (AvgIpc) is 3.07. The van der Waals surface area contributed by atoms with Crippen molar-refractivity contribution >= 4 is 17.7 Å². The number of rotatable bonds is 8. The Morgan fingerprint density at radius 3 is 2.50 bits per heavy atom. The number of benzene rings is 2. The highest BCUT2D eigenvalue weighted by atomic mass is 32.2. The van der Waals surface area contributed by atoms with Crippen LogP contribution < -0.4 is 4.74 Å². The first-order valence-corrected chi connectivity index (χ1v) is 10.0. The summed E-state index contributed by atoms with van der Waals surface area (Å²) in [4.78, 5) is 13.5. The molecule has 6 nitrogen and oxygen atoms in total. The molecule has 0 fully saturated rings. The van der Waals surface area contributed by atoms with Crippen LogP contribution in [0.25, 0.3) is 0 Å². The zero-order valence-electron chi connectivity index (χ0n) is 16.3. The zero-order valence-corrected chi connectivity index (χ0v) is 17.1. The number of hydrogen-bond acceptors (Lipinski definition) is 5. The Morgan fingerprint density at radius 1 is 1.07 bits per heavy atom. The van der Waals surface area contributed by atoms with E-state index < -0.39 is 0 Å². The molecule has 0 atom stereocenters. The summed E-state index contributed by atoms with van der Waals surface area (Å²) < 4.78 is 7.99. The zero-order chi connectivity index (χ0) is 19.9. The minimum absolute atomic E-state index is 0.0389. The molecular weight excluding hydrogens is 372 g/mol. The average molecular weight is 397 g/mol. The Hall–Kier alpha value is -2.80. The third kappa shape index (κ3) is 5.13. The molecule has 146 valence electrons. The molecule has 1 heterocycles. The second-order valence-electron chi connectivity index (χ2n) is 6.60. The van der Waals surface area contributed by atoms with Gasteiger partial charge < -0.3 is 9.64 Å². The normalized spacial score (nSPS) is 10.7. The van der Waals surface area contributed by atoms with E-state index in [1.807, 2.05) is 54.0 Å². The van der Waals surface area contributed by atoms with Gasteiger partial charge in [0.2, 0.25) is 5.91 Å². The molecule has 0 bridgehead atoms. The second kappa shape index (κ2) is 9.41. The molecule has 0 unspecified atom stereocenters. The van der Waals surface area contributed by atoms with Crippen LogP contribution in [0.4, 0.5) is 0 Å². The predicted molar refractivity (Wildman–Crippen MR) is 110 cm³/mol. The highest BCUT2D eigenvalue weighted by Crippen LogP contribution is 2.22. The molecule has 0 saturated heterocycles. The molecule has 0 aliphatic rings. The van der Waals surface area contributed by atoms with E-state index in [-0.39, 0.29) is 5.91 Å².